The number of rotatable bonds is 4. The van der Waals surface area contributed by atoms with Gasteiger partial charge in [-0.3, -0.25) is 19.7 Å². The van der Waals surface area contributed by atoms with Crippen LogP contribution in [0, 0.1) is 0 Å². The maximum Gasteiger partial charge on any atom is 0.255 e. The molecule has 0 radical (unpaired) electrons. The van der Waals surface area contributed by atoms with Crippen LogP contribution >= 0.6 is 0 Å². The van der Waals surface area contributed by atoms with Crippen LogP contribution in [0.25, 0.3) is 0 Å². The summed E-state index contributed by atoms with van der Waals surface area (Å²) in [5.74, 6) is -0.785. The number of nitrogens with one attached hydrogen (secondary N) is 3. The second-order valence-corrected chi connectivity index (χ2v) is 8.11. The van der Waals surface area contributed by atoms with E-state index in [1.165, 1.54) is 11.3 Å². The van der Waals surface area contributed by atoms with Crippen LogP contribution < -0.4 is 16.0 Å². The van der Waals surface area contributed by atoms with Crippen molar-refractivity contribution in [2.75, 3.05) is 17.2 Å². The maximum absolute atomic E-state index is 13.2. The Hall–Kier alpha value is -3.35. The highest BCUT2D eigenvalue weighted by atomic mass is 16.2. The Morgan fingerprint density at radius 3 is 2.83 bits per heavy atom. The largest absolute Gasteiger partial charge is 0.385 e. The Kier molecular flexibility index (Phi) is 4.65. The van der Waals surface area contributed by atoms with Crippen LogP contribution in [-0.4, -0.2) is 35.2 Å². The Balaban J connectivity index is 1.34. The second-order valence-electron chi connectivity index (χ2n) is 8.11. The van der Waals surface area contributed by atoms with Crippen LogP contribution in [0.2, 0.25) is 0 Å². The molecular weight excluding hydrogens is 380 g/mol. The number of hydrogen-bond acceptors (Lipinski definition) is 5. The molecule has 0 aromatic heterocycles. The molecule has 3 amide bonds. The van der Waals surface area contributed by atoms with Crippen molar-refractivity contribution in [2.45, 2.75) is 44.8 Å². The van der Waals surface area contributed by atoms with Crippen LogP contribution in [-0.2, 0) is 29.1 Å². The molecule has 3 heterocycles. The molecule has 2 aromatic carbocycles. The van der Waals surface area contributed by atoms with Crippen molar-refractivity contribution < 1.29 is 14.4 Å². The van der Waals surface area contributed by atoms with Crippen molar-refractivity contribution in [2.24, 2.45) is 0 Å². The lowest BCUT2D eigenvalue weighted by atomic mass is 10.0. The third-order valence-corrected chi connectivity index (χ3v) is 6.17. The van der Waals surface area contributed by atoms with Gasteiger partial charge in [-0.05, 0) is 54.2 Å². The molecule has 3 N–H and O–H groups in total. The van der Waals surface area contributed by atoms with E-state index in [1.54, 1.807) is 4.90 Å². The fraction of sp³-hybridized carbons (Fsp3) is 0.348. The fourth-order valence-corrected chi connectivity index (χ4v) is 4.62. The summed E-state index contributed by atoms with van der Waals surface area (Å²) in [5, 5.41) is 9.21. The molecule has 1 atom stereocenters. The van der Waals surface area contributed by atoms with Crippen molar-refractivity contribution >= 4 is 29.1 Å². The smallest absolute Gasteiger partial charge is 0.255 e. The SMILES string of the molecule is O=C1CCC(N2Cc3cccc(CNc4ccc5c(c4)CCCN5)c3C2=O)C(=O)N1. The lowest BCUT2D eigenvalue weighted by molar-refractivity contribution is -0.136. The lowest BCUT2D eigenvalue weighted by Crippen LogP contribution is -2.52. The van der Waals surface area contributed by atoms with Crippen molar-refractivity contribution in [1.29, 1.82) is 0 Å². The van der Waals surface area contributed by atoms with Gasteiger partial charge in [-0.1, -0.05) is 18.2 Å². The summed E-state index contributed by atoms with van der Waals surface area (Å²) in [6.45, 7) is 1.95. The van der Waals surface area contributed by atoms with E-state index in [1.807, 2.05) is 18.2 Å². The zero-order valence-electron chi connectivity index (χ0n) is 16.7. The third kappa shape index (κ3) is 3.30. The third-order valence-electron chi connectivity index (χ3n) is 6.17. The summed E-state index contributed by atoms with van der Waals surface area (Å²) < 4.78 is 0. The summed E-state index contributed by atoms with van der Waals surface area (Å²) >= 11 is 0. The highest BCUT2D eigenvalue weighted by Crippen LogP contribution is 2.31. The molecule has 7 nitrogen and oxygen atoms in total. The Bertz CT molecular complexity index is 1050. The maximum atomic E-state index is 13.2. The van der Waals surface area contributed by atoms with Crippen LogP contribution in [0.15, 0.2) is 36.4 Å². The van der Waals surface area contributed by atoms with Gasteiger partial charge in [0.25, 0.3) is 5.91 Å². The van der Waals surface area contributed by atoms with Gasteiger partial charge in [0, 0.05) is 43.0 Å². The summed E-state index contributed by atoms with van der Waals surface area (Å²) in [5.41, 5.74) is 6.06. The lowest BCUT2D eigenvalue weighted by Gasteiger charge is -2.29. The standard InChI is InChI=1S/C23H24N4O3/c28-20-9-8-19(22(29)26-20)27-13-16-4-1-3-15(21(16)23(27)30)12-25-17-6-7-18-14(11-17)5-2-10-24-18/h1,3-4,6-7,11,19,24-25H,2,5,8-10,12-13H2,(H,26,28,29). The Morgan fingerprint density at radius 2 is 1.97 bits per heavy atom. The van der Waals surface area contributed by atoms with Gasteiger partial charge in [-0.25, -0.2) is 0 Å². The minimum Gasteiger partial charge on any atom is -0.385 e. The molecule has 3 aliphatic heterocycles. The van der Waals surface area contributed by atoms with Crippen molar-refractivity contribution in [1.82, 2.24) is 10.2 Å². The number of carbonyl (C=O) groups excluding carboxylic acids is 3. The molecule has 7 heteroatoms. The van der Waals surface area contributed by atoms with E-state index in [0.717, 1.165) is 36.2 Å². The minimum absolute atomic E-state index is 0.133. The number of anilines is 2. The number of amides is 3. The molecular formula is C23H24N4O3. The first kappa shape index (κ1) is 18.7. The minimum atomic E-state index is -0.587. The number of piperidine rings is 1. The van der Waals surface area contributed by atoms with Crippen LogP contribution in [0.3, 0.4) is 0 Å². The van der Waals surface area contributed by atoms with Crippen molar-refractivity contribution in [3.63, 3.8) is 0 Å². The topological polar surface area (TPSA) is 90.5 Å². The number of imide groups is 1. The van der Waals surface area contributed by atoms with E-state index in [4.69, 9.17) is 0 Å². The second kappa shape index (κ2) is 7.48. The number of benzene rings is 2. The number of nitrogens with zero attached hydrogens (tertiary/aromatic N) is 1. The molecule has 0 saturated carbocycles. The molecule has 1 unspecified atom stereocenters. The first-order valence-corrected chi connectivity index (χ1v) is 10.5. The van der Waals surface area contributed by atoms with Crippen molar-refractivity contribution in [3.05, 3.63) is 58.7 Å². The quantitative estimate of drug-likeness (QED) is 0.681. The molecule has 0 aliphatic carbocycles. The monoisotopic (exact) mass is 404 g/mol. The summed E-state index contributed by atoms with van der Waals surface area (Å²) in [7, 11) is 0. The first-order valence-electron chi connectivity index (χ1n) is 10.5. The van der Waals surface area contributed by atoms with E-state index in [2.05, 4.69) is 34.1 Å². The van der Waals surface area contributed by atoms with Gasteiger partial charge in [-0.15, -0.1) is 0 Å². The van der Waals surface area contributed by atoms with E-state index < -0.39 is 6.04 Å². The molecule has 1 saturated heterocycles. The number of carbonyl (C=O) groups is 3. The highest BCUT2D eigenvalue weighted by Gasteiger charge is 2.39. The van der Waals surface area contributed by atoms with E-state index in [0.29, 0.717) is 25.1 Å². The van der Waals surface area contributed by atoms with E-state index in [-0.39, 0.29) is 24.1 Å². The summed E-state index contributed by atoms with van der Waals surface area (Å²) in [6, 6.07) is 11.6. The van der Waals surface area contributed by atoms with Gasteiger partial charge >= 0.3 is 0 Å². The molecule has 3 aliphatic rings. The predicted molar refractivity (Wildman–Crippen MR) is 113 cm³/mol. The Labute approximate surface area is 174 Å². The average molecular weight is 404 g/mol. The molecule has 30 heavy (non-hydrogen) atoms. The molecule has 2 aromatic rings. The van der Waals surface area contributed by atoms with Gasteiger partial charge in [0.05, 0.1) is 0 Å². The van der Waals surface area contributed by atoms with Crippen LogP contribution in [0.5, 0.6) is 0 Å². The predicted octanol–water partition coefficient (Wildman–Crippen LogP) is 2.42. The number of hydrogen-bond donors (Lipinski definition) is 3. The zero-order chi connectivity index (χ0) is 20.7. The molecule has 1 fully saturated rings. The van der Waals surface area contributed by atoms with Crippen LogP contribution in [0.1, 0.15) is 46.3 Å². The number of fused-ring (bicyclic) bond motifs is 2. The van der Waals surface area contributed by atoms with Gasteiger partial charge in [0.1, 0.15) is 6.04 Å². The summed E-state index contributed by atoms with van der Waals surface area (Å²) in [4.78, 5) is 38.5. The molecule has 0 spiro atoms. The molecule has 5 rings (SSSR count). The normalized spacial score (nSPS) is 20.3. The van der Waals surface area contributed by atoms with E-state index in [9.17, 15) is 14.4 Å². The van der Waals surface area contributed by atoms with E-state index >= 15 is 0 Å². The van der Waals surface area contributed by atoms with Crippen LogP contribution in [0.4, 0.5) is 11.4 Å². The fourth-order valence-electron chi connectivity index (χ4n) is 4.62. The number of aryl methyl sites for hydroxylation is 1. The van der Waals surface area contributed by atoms with Gasteiger partial charge < -0.3 is 15.5 Å². The van der Waals surface area contributed by atoms with Gasteiger partial charge in [-0.2, -0.15) is 0 Å². The first-order chi connectivity index (χ1) is 14.6. The average Bonchev–Trinajstić information content (AvgIpc) is 3.09. The van der Waals surface area contributed by atoms with Crippen molar-refractivity contribution in [3.8, 4) is 0 Å². The zero-order valence-corrected chi connectivity index (χ0v) is 16.7. The summed E-state index contributed by atoms with van der Waals surface area (Å²) in [6.07, 6.45) is 2.84. The Morgan fingerprint density at radius 1 is 1.07 bits per heavy atom. The highest BCUT2D eigenvalue weighted by molar-refractivity contribution is 6.06. The van der Waals surface area contributed by atoms with Gasteiger partial charge in [0.2, 0.25) is 11.8 Å². The molecule has 0 bridgehead atoms. The van der Waals surface area contributed by atoms with Gasteiger partial charge in [0.15, 0.2) is 0 Å². The molecule has 154 valence electrons.